The Morgan fingerprint density at radius 2 is 2.10 bits per heavy atom. The molecule has 4 rings (SSSR count). The van der Waals surface area contributed by atoms with Crippen molar-refractivity contribution in [2.75, 3.05) is 11.9 Å². The van der Waals surface area contributed by atoms with E-state index in [-0.39, 0.29) is 5.82 Å². The van der Waals surface area contributed by atoms with Crippen molar-refractivity contribution < 1.29 is 4.39 Å². The van der Waals surface area contributed by atoms with Gasteiger partial charge >= 0.3 is 0 Å². The van der Waals surface area contributed by atoms with Crippen molar-refractivity contribution in [3.8, 4) is 10.6 Å². The van der Waals surface area contributed by atoms with Crippen molar-refractivity contribution in [1.82, 2.24) is 4.98 Å². The van der Waals surface area contributed by atoms with Gasteiger partial charge in [-0.15, -0.1) is 11.3 Å². The summed E-state index contributed by atoms with van der Waals surface area (Å²) in [6, 6.07) is 11.2. The van der Waals surface area contributed by atoms with Crippen LogP contribution < -0.4 is 5.32 Å². The maximum atomic E-state index is 13.2. The molecular formula is C16H13FN2S. The number of halogens is 1. The molecule has 1 aliphatic rings. The number of fused-ring (bicyclic) bond motifs is 2. The van der Waals surface area contributed by atoms with Gasteiger partial charge in [-0.3, -0.25) is 0 Å². The van der Waals surface area contributed by atoms with Gasteiger partial charge in [0.1, 0.15) is 10.8 Å². The molecule has 0 saturated heterocycles. The number of hydrogen-bond acceptors (Lipinski definition) is 3. The van der Waals surface area contributed by atoms with Crippen LogP contribution in [0, 0.1) is 5.82 Å². The van der Waals surface area contributed by atoms with Gasteiger partial charge in [-0.2, -0.15) is 0 Å². The molecule has 0 bridgehead atoms. The lowest BCUT2D eigenvalue weighted by Gasteiger charge is -2.18. The smallest absolute Gasteiger partial charge is 0.125 e. The molecule has 1 aliphatic heterocycles. The Labute approximate surface area is 120 Å². The highest BCUT2D eigenvalue weighted by Crippen LogP contribution is 2.33. The third-order valence-corrected chi connectivity index (χ3v) is 4.73. The van der Waals surface area contributed by atoms with Crippen molar-refractivity contribution >= 4 is 27.2 Å². The van der Waals surface area contributed by atoms with Crippen LogP contribution in [-0.2, 0) is 6.42 Å². The summed E-state index contributed by atoms with van der Waals surface area (Å²) in [5.41, 5.74) is 4.43. The fourth-order valence-electron chi connectivity index (χ4n) is 2.63. The molecule has 100 valence electrons. The molecule has 1 N–H and O–H groups in total. The standard InChI is InChI=1S/C16H13FN2S/c17-12-4-6-15-14(9-12)19-16(20-15)11-3-5-13-10(8-11)2-1-7-18-13/h3-6,8-9,18H,1-2,7H2. The molecular weight excluding hydrogens is 271 g/mol. The van der Waals surface area contributed by atoms with Crippen LogP contribution in [0.3, 0.4) is 0 Å². The fraction of sp³-hybridized carbons (Fsp3) is 0.188. The lowest BCUT2D eigenvalue weighted by Crippen LogP contribution is -2.11. The van der Waals surface area contributed by atoms with Crippen molar-refractivity contribution in [2.24, 2.45) is 0 Å². The quantitative estimate of drug-likeness (QED) is 0.713. The Kier molecular flexibility index (Phi) is 2.70. The number of aromatic nitrogens is 1. The van der Waals surface area contributed by atoms with Gasteiger partial charge < -0.3 is 5.32 Å². The SMILES string of the molecule is Fc1ccc2sc(-c3ccc4c(c3)CCCN4)nc2c1. The van der Waals surface area contributed by atoms with E-state index in [2.05, 4.69) is 28.5 Å². The van der Waals surface area contributed by atoms with Crippen molar-refractivity contribution in [3.05, 3.63) is 47.8 Å². The van der Waals surface area contributed by atoms with Crippen LogP contribution in [0.1, 0.15) is 12.0 Å². The van der Waals surface area contributed by atoms with E-state index >= 15 is 0 Å². The Bertz CT molecular complexity index is 794. The lowest BCUT2D eigenvalue weighted by molar-refractivity contribution is 0.629. The van der Waals surface area contributed by atoms with Gasteiger partial charge in [0.15, 0.2) is 0 Å². The number of nitrogens with zero attached hydrogens (tertiary/aromatic N) is 1. The summed E-state index contributed by atoms with van der Waals surface area (Å²) in [6.45, 7) is 1.05. The van der Waals surface area contributed by atoms with Gasteiger partial charge in [0, 0.05) is 23.9 Å². The van der Waals surface area contributed by atoms with Crippen LogP contribution in [0.4, 0.5) is 10.1 Å². The molecule has 0 amide bonds. The first-order chi connectivity index (χ1) is 9.79. The van der Waals surface area contributed by atoms with Crippen molar-refractivity contribution in [1.29, 1.82) is 0 Å². The molecule has 3 aromatic rings. The summed E-state index contributed by atoms with van der Waals surface area (Å²) < 4.78 is 14.3. The summed E-state index contributed by atoms with van der Waals surface area (Å²) in [5, 5.41) is 4.37. The number of benzene rings is 2. The molecule has 20 heavy (non-hydrogen) atoms. The topological polar surface area (TPSA) is 24.9 Å². The molecule has 4 heteroatoms. The molecule has 0 aliphatic carbocycles. The summed E-state index contributed by atoms with van der Waals surface area (Å²) in [4.78, 5) is 4.55. The van der Waals surface area contributed by atoms with E-state index in [1.54, 1.807) is 17.4 Å². The number of anilines is 1. The first kappa shape index (κ1) is 11.9. The van der Waals surface area contributed by atoms with Crippen molar-refractivity contribution in [3.63, 3.8) is 0 Å². The molecule has 0 atom stereocenters. The zero-order chi connectivity index (χ0) is 13.5. The van der Waals surface area contributed by atoms with Gasteiger partial charge in [-0.05, 0) is 48.7 Å². The van der Waals surface area contributed by atoms with E-state index in [1.807, 2.05) is 0 Å². The molecule has 0 radical (unpaired) electrons. The Hall–Kier alpha value is -1.94. The molecule has 2 heterocycles. The third-order valence-electron chi connectivity index (χ3n) is 3.64. The summed E-state index contributed by atoms with van der Waals surface area (Å²) in [7, 11) is 0. The number of aryl methyl sites for hydroxylation is 1. The number of nitrogens with one attached hydrogen (secondary N) is 1. The first-order valence-electron chi connectivity index (χ1n) is 6.73. The first-order valence-corrected chi connectivity index (χ1v) is 7.54. The minimum Gasteiger partial charge on any atom is -0.385 e. The van der Waals surface area contributed by atoms with E-state index in [9.17, 15) is 4.39 Å². The molecule has 0 spiro atoms. The highest BCUT2D eigenvalue weighted by atomic mass is 32.1. The highest BCUT2D eigenvalue weighted by molar-refractivity contribution is 7.21. The minimum atomic E-state index is -0.232. The monoisotopic (exact) mass is 284 g/mol. The van der Waals surface area contributed by atoms with Crippen LogP contribution in [0.25, 0.3) is 20.8 Å². The Morgan fingerprint density at radius 1 is 1.15 bits per heavy atom. The van der Waals surface area contributed by atoms with Gasteiger partial charge in [0.25, 0.3) is 0 Å². The molecule has 2 nitrogen and oxygen atoms in total. The number of thiazole rings is 1. The lowest BCUT2D eigenvalue weighted by atomic mass is 10.0. The van der Waals surface area contributed by atoms with Crippen LogP contribution in [0.5, 0.6) is 0 Å². The van der Waals surface area contributed by atoms with E-state index in [1.165, 1.54) is 29.8 Å². The summed E-state index contributed by atoms with van der Waals surface area (Å²) in [6.07, 6.45) is 2.28. The predicted octanol–water partition coefficient (Wildman–Crippen LogP) is 4.46. The second-order valence-corrected chi connectivity index (χ2v) is 6.06. The summed E-state index contributed by atoms with van der Waals surface area (Å²) >= 11 is 1.61. The largest absolute Gasteiger partial charge is 0.385 e. The predicted molar refractivity (Wildman–Crippen MR) is 81.8 cm³/mol. The minimum absolute atomic E-state index is 0.232. The Balaban J connectivity index is 1.82. The Morgan fingerprint density at radius 3 is 3.05 bits per heavy atom. The maximum Gasteiger partial charge on any atom is 0.125 e. The summed E-state index contributed by atoms with van der Waals surface area (Å²) in [5.74, 6) is -0.232. The van der Waals surface area contributed by atoms with Gasteiger partial charge in [-0.1, -0.05) is 0 Å². The van der Waals surface area contributed by atoms with E-state index in [0.29, 0.717) is 0 Å². The second-order valence-electron chi connectivity index (χ2n) is 5.03. The third kappa shape index (κ3) is 1.96. The highest BCUT2D eigenvalue weighted by Gasteiger charge is 2.12. The zero-order valence-electron chi connectivity index (χ0n) is 10.8. The molecule has 2 aromatic carbocycles. The van der Waals surface area contributed by atoms with E-state index in [0.717, 1.165) is 33.8 Å². The normalized spacial score (nSPS) is 14.1. The maximum absolute atomic E-state index is 13.2. The average molecular weight is 284 g/mol. The van der Waals surface area contributed by atoms with Gasteiger partial charge in [-0.25, -0.2) is 9.37 Å². The van der Waals surface area contributed by atoms with Gasteiger partial charge in [0.2, 0.25) is 0 Å². The van der Waals surface area contributed by atoms with Crippen molar-refractivity contribution in [2.45, 2.75) is 12.8 Å². The van der Waals surface area contributed by atoms with Gasteiger partial charge in [0.05, 0.1) is 10.2 Å². The molecule has 0 unspecified atom stereocenters. The average Bonchev–Trinajstić information content (AvgIpc) is 2.89. The van der Waals surface area contributed by atoms with Crippen LogP contribution in [0.2, 0.25) is 0 Å². The fourth-order valence-corrected chi connectivity index (χ4v) is 3.57. The molecule has 1 aromatic heterocycles. The number of hydrogen-bond donors (Lipinski definition) is 1. The van der Waals surface area contributed by atoms with E-state index in [4.69, 9.17) is 0 Å². The molecule has 0 saturated carbocycles. The van der Waals surface area contributed by atoms with Crippen LogP contribution in [0.15, 0.2) is 36.4 Å². The van der Waals surface area contributed by atoms with Crippen LogP contribution in [-0.4, -0.2) is 11.5 Å². The number of rotatable bonds is 1. The molecule has 0 fully saturated rings. The zero-order valence-corrected chi connectivity index (χ0v) is 11.6. The second kappa shape index (κ2) is 4.56. The van der Waals surface area contributed by atoms with Crippen LogP contribution >= 0.6 is 11.3 Å². The van der Waals surface area contributed by atoms with E-state index < -0.39 is 0 Å².